The molecule has 0 bridgehead atoms. The van der Waals surface area contributed by atoms with Gasteiger partial charge in [-0.25, -0.2) is 0 Å². The summed E-state index contributed by atoms with van der Waals surface area (Å²) in [5.74, 6) is 0.00892. The van der Waals surface area contributed by atoms with Crippen molar-refractivity contribution < 1.29 is 29.3 Å². The molecule has 5 aliphatic rings. The molecule has 6 rings (SSSR count). The van der Waals surface area contributed by atoms with Crippen LogP contribution in [0.2, 0.25) is 5.02 Å². The molecular formula is C44H64ClNO6. The van der Waals surface area contributed by atoms with Gasteiger partial charge in [0.15, 0.2) is 5.78 Å². The number of ketones is 1. The quantitative estimate of drug-likeness (QED) is 0.205. The average Bonchev–Trinajstić information content (AvgIpc) is 3.36. The number of carboxylic acids is 1. The van der Waals surface area contributed by atoms with Gasteiger partial charge >= 0.3 is 11.9 Å². The predicted molar refractivity (Wildman–Crippen MR) is 205 cm³/mol. The van der Waals surface area contributed by atoms with E-state index in [1.165, 1.54) is 5.57 Å². The number of aliphatic hydroxyl groups is 1. The van der Waals surface area contributed by atoms with Crippen LogP contribution in [-0.2, 0) is 25.7 Å². The number of nitrogens with one attached hydrogen (secondary N) is 1. The molecule has 1 aromatic carbocycles. The number of allylic oxidation sites excluding steroid dienone is 1. The molecule has 0 unspecified atom stereocenters. The Kier molecular flexibility index (Phi) is 10.3. The van der Waals surface area contributed by atoms with Gasteiger partial charge in [0.2, 0.25) is 0 Å². The normalized spacial score (nSPS) is 37.5. The number of hydrogen-bond acceptors (Lipinski definition) is 6. The van der Waals surface area contributed by atoms with E-state index in [2.05, 4.69) is 53.8 Å². The van der Waals surface area contributed by atoms with Gasteiger partial charge in [0.25, 0.3) is 0 Å². The zero-order chi connectivity index (χ0) is 38.2. The van der Waals surface area contributed by atoms with Crippen LogP contribution in [0.25, 0.3) is 0 Å². The Labute approximate surface area is 317 Å². The molecule has 0 spiro atoms. The van der Waals surface area contributed by atoms with Crippen molar-refractivity contribution >= 4 is 29.3 Å². The van der Waals surface area contributed by atoms with Gasteiger partial charge < -0.3 is 20.3 Å². The molecule has 7 nitrogen and oxygen atoms in total. The summed E-state index contributed by atoms with van der Waals surface area (Å²) in [7, 11) is 0. The van der Waals surface area contributed by atoms with Crippen LogP contribution in [0, 0.1) is 56.2 Å². The summed E-state index contributed by atoms with van der Waals surface area (Å²) in [5.41, 5.74) is 1.39. The van der Waals surface area contributed by atoms with Crippen LogP contribution in [-0.4, -0.2) is 46.7 Å². The van der Waals surface area contributed by atoms with E-state index in [0.29, 0.717) is 36.4 Å². The Balaban J connectivity index is 1.26. The first kappa shape index (κ1) is 39.5. The zero-order valence-electron chi connectivity index (χ0n) is 33.2. The third-order valence-electron chi connectivity index (χ3n) is 16.1. The Morgan fingerprint density at radius 2 is 1.65 bits per heavy atom. The van der Waals surface area contributed by atoms with Crippen molar-refractivity contribution in [3.8, 4) is 0 Å². The van der Waals surface area contributed by atoms with E-state index in [4.69, 9.17) is 16.3 Å². The molecule has 0 saturated heterocycles. The van der Waals surface area contributed by atoms with Crippen LogP contribution in [0.5, 0.6) is 0 Å². The fourth-order valence-corrected chi connectivity index (χ4v) is 13.3. The smallest absolute Gasteiger partial charge is 0.309 e. The number of esters is 1. The summed E-state index contributed by atoms with van der Waals surface area (Å²) in [5, 5.41) is 26.0. The van der Waals surface area contributed by atoms with Crippen molar-refractivity contribution in [3.63, 3.8) is 0 Å². The number of hydrogen-bond donors (Lipinski definition) is 3. The van der Waals surface area contributed by atoms with Crippen molar-refractivity contribution in [2.24, 2.45) is 56.2 Å². The Morgan fingerprint density at radius 3 is 2.31 bits per heavy atom. The first-order valence-corrected chi connectivity index (χ1v) is 20.4. The molecule has 4 fully saturated rings. The highest BCUT2D eigenvalue weighted by molar-refractivity contribution is 6.31. The third kappa shape index (κ3) is 6.02. The summed E-state index contributed by atoms with van der Waals surface area (Å²) in [6.45, 7) is 20.6. The minimum atomic E-state index is -1.17. The van der Waals surface area contributed by atoms with E-state index in [-0.39, 0.29) is 51.8 Å². The molecular weight excluding hydrogens is 674 g/mol. The Morgan fingerprint density at radius 1 is 0.962 bits per heavy atom. The van der Waals surface area contributed by atoms with Crippen molar-refractivity contribution in [2.45, 2.75) is 145 Å². The van der Waals surface area contributed by atoms with E-state index >= 15 is 0 Å². The number of halogens is 1. The van der Waals surface area contributed by atoms with E-state index in [9.17, 15) is 24.6 Å². The minimum Gasteiger partial charge on any atom is -0.481 e. The number of carbonyl (C=O) groups excluding carboxylic acids is 2. The molecule has 3 N–H and O–H groups in total. The lowest BCUT2D eigenvalue weighted by atomic mass is 9.33. The maximum atomic E-state index is 14.0. The largest absolute Gasteiger partial charge is 0.481 e. The molecule has 288 valence electrons. The zero-order valence-corrected chi connectivity index (χ0v) is 33.9. The number of aliphatic carboxylic acids is 1. The highest BCUT2D eigenvalue weighted by Gasteiger charge is 2.70. The van der Waals surface area contributed by atoms with Crippen LogP contribution in [0.4, 0.5) is 0 Å². The van der Waals surface area contributed by atoms with Gasteiger partial charge in [-0.2, -0.15) is 0 Å². The third-order valence-corrected chi connectivity index (χ3v) is 16.5. The van der Waals surface area contributed by atoms with E-state index in [1.54, 1.807) is 13.8 Å². The lowest BCUT2D eigenvalue weighted by molar-refractivity contribution is -0.235. The molecule has 1 aromatic rings. The number of benzene rings is 1. The van der Waals surface area contributed by atoms with Gasteiger partial charge in [-0.3, -0.25) is 14.4 Å². The number of carboxylic acid groups (broad SMARTS) is 1. The molecule has 0 aliphatic heterocycles. The summed E-state index contributed by atoms with van der Waals surface area (Å²) >= 11 is 6.44. The molecule has 8 heteroatoms. The number of aliphatic hydroxyl groups excluding tert-OH is 1. The van der Waals surface area contributed by atoms with Crippen LogP contribution in [0.15, 0.2) is 35.4 Å². The maximum Gasteiger partial charge on any atom is 0.309 e. The maximum absolute atomic E-state index is 14.0. The van der Waals surface area contributed by atoms with Crippen LogP contribution < -0.4 is 5.32 Å². The van der Waals surface area contributed by atoms with Gasteiger partial charge in [-0.15, -0.1) is 0 Å². The molecule has 0 amide bonds. The van der Waals surface area contributed by atoms with E-state index in [1.807, 2.05) is 24.3 Å². The summed E-state index contributed by atoms with van der Waals surface area (Å²) < 4.78 is 6.16. The lowest BCUT2D eigenvalue weighted by Gasteiger charge is -2.72. The first-order valence-electron chi connectivity index (χ1n) is 20.0. The second-order valence-electron chi connectivity index (χ2n) is 19.8. The number of rotatable bonds is 10. The lowest BCUT2D eigenvalue weighted by Crippen LogP contribution is -2.66. The molecule has 0 radical (unpaired) electrons. The Hall–Kier alpha value is -2.22. The van der Waals surface area contributed by atoms with Crippen molar-refractivity contribution in [3.05, 3.63) is 46.0 Å². The predicted octanol–water partition coefficient (Wildman–Crippen LogP) is 9.18. The number of ether oxygens (including phenoxy) is 1. The topological polar surface area (TPSA) is 113 Å². The standard InChI is InChI=1S/C44H64ClNO6/c1-26(2)36-30(47)22-44(33(48)25-46-24-27-12-10-11-13-29(27)45)21-20-42(8)28(37(36)44)14-15-32-41(7)18-17-34(52-35(49)23-39(3,4)38(50)51)40(5,6)31(41)16-19-43(32,42)9/h10-13,26,28,31-34,46,48H,14-25H2,1-9H3,(H,50,51)/t28-,31+,32-,33-,34+,41+,42-,43-,44+/m1/s1. The van der Waals surface area contributed by atoms with Crippen molar-refractivity contribution in [1.82, 2.24) is 5.32 Å². The SMILES string of the molecule is CC(C)C1=C2[C@H]3CC[C@@H]4[C@@]5(C)CC[C@H](OC(=O)CC(C)(C)C(=O)O)C(C)(C)[C@@H]5CC[C@@]4(C)[C@]3(C)CC[C@@]2([C@H](O)CNCc2ccccc2Cl)CC1=O. The van der Waals surface area contributed by atoms with E-state index in [0.717, 1.165) is 62.5 Å². The molecule has 0 heterocycles. The van der Waals surface area contributed by atoms with Crippen molar-refractivity contribution in [1.29, 1.82) is 0 Å². The molecule has 0 aromatic heterocycles. The van der Waals surface area contributed by atoms with Crippen LogP contribution >= 0.6 is 11.6 Å². The van der Waals surface area contributed by atoms with Gasteiger partial charge in [0, 0.05) is 35.4 Å². The highest BCUT2D eigenvalue weighted by atomic mass is 35.5. The molecule has 4 saturated carbocycles. The summed E-state index contributed by atoms with van der Waals surface area (Å²) in [6.07, 6.45) is 7.11. The van der Waals surface area contributed by atoms with Gasteiger partial charge in [0.1, 0.15) is 6.10 Å². The summed E-state index contributed by atoms with van der Waals surface area (Å²) in [6, 6.07) is 7.79. The molecule has 5 aliphatic carbocycles. The monoisotopic (exact) mass is 737 g/mol. The average molecular weight is 738 g/mol. The second-order valence-corrected chi connectivity index (χ2v) is 20.2. The van der Waals surface area contributed by atoms with Gasteiger partial charge in [-0.1, -0.05) is 83.8 Å². The number of fused-ring (bicyclic) bond motifs is 7. The van der Waals surface area contributed by atoms with Gasteiger partial charge in [-0.05, 0) is 122 Å². The van der Waals surface area contributed by atoms with Gasteiger partial charge in [0.05, 0.1) is 17.9 Å². The van der Waals surface area contributed by atoms with Crippen LogP contribution in [0.1, 0.15) is 132 Å². The number of carbonyl (C=O) groups is 3. The summed E-state index contributed by atoms with van der Waals surface area (Å²) in [4.78, 5) is 38.9. The fraction of sp³-hybridized carbons (Fsp3) is 0.750. The molecule has 52 heavy (non-hydrogen) atoms. The van der Waals surface area contributed by atoms with Crippen LogP contribution in [0.3, 0.4) is 0 Å². The highest BCUT2D eigenvalue weighted by Crippen LogP contribution is 2.77. The molecule has 9 atom stereocenters. The minimum absolute atomic E-state index is 0.0198. The van der Waals surface area contributed by atoms with Crippen molar-refractivity contribution in [2.75, 3.05) is 6.54 Å². The first-order chi connectivity index (χ1) is 24.2. The Bertz CT molecular complexity index is 1630. The number of Topliss-reactive ketones (excluding diaryl/α,β-unsaturated/α-hetero) is 1. The second kappa shape index (κ2) is 13.5. The fourth-order valence-electron chi connectivity index (χ4n) is 13.1. The van der Waals surface area contributed by atoms with E-state index < -0.39 is 28.9 Å².